The van der Waals surface area contributed by atoms with Gasteiger partial charge in [0.25, 0.3) is 11.8 Å². The number of nitrogens with zero attached hydrogens (tertiary/aromatic N) is 3. The number of amides is 5. The van der Waals surface area contributed by atoms with Crippen LogP contribution >= 0.6 is 11.3 Å². The summed E-state index contributed by atoms with van der Waals surface area (Å²) in [7, 11) is 0. The Morgan fingerprint density at radius 1 is 1.15 bits per heavy atom. The van der Waals surface area contributed by atoms with Crippen molar-refractivity contribution in [3.05, 3.63) is 41.0 Å². The molecule has 1 saturated heterocycles. The van der Waals surface area contributed by atoms with Crippen LogP contribution < -0.4 is 21.3 Å². The maximum atomic E-state index is 14.0. The van der Waals surface area contributed by atoms with Crippen LogP contribution in [0.3, 0.4) is 0 Å². The number of urea groups is 1. The molecule has 2 heterocycles. The molecule has 3 fully saturated rings. The summed E-state index contributed by atoms with van der Waals surface area (Å²) in [5.74, 6) is -5.47. The summed E-state index contributed by atoms with van der Waals surface area (Å²) >= 11 is 1.27. The Balaban J connectivity index is 1.25. The summed E-state index contributed by atoms with van der Waals surface area (Å²) in [6.45, 7) is 2.26. The van der Waals surface area contributed by atoms with Crippen molar-refractivity contribution in [1.82, 2.24) is 20.5 Å². The van der Waals surface area contributed by atoms with E-state index in [9.17, 15) is 33.2 Å². The second-order valence-corrected chi connectivity index (χ2v) is 14.0. The van der Waals surface area contributed by atoms with Gasteiger partial charge in [-0.1, -0.05) is 11.2 Å². The number of anilines is 2. The van der Waals surface area contributed by atoms with E-state index in [1.807, 2.05) is 0 Å². The van der Waals surface area contributed by atoms with Gasteiger partial charge in [-0.3, -0.25) is 19.4 Å². The highest BCUT2D eigenvalue weighted by atomic mass is 32.1. The molecule has 13 nitrogen and oxygen atoms in total. The number of hydrogen-bond donors (Lipinski definition) is 6. The van der Waals surface area contributed by atoms with E-state index in [0.29, 0.717) is 23.8 Å². The lowest BCUT2D eigenvalue weighted by Gasteiger charge is -2.44. The number of benzene rings is 1. The number of aromatic nitrogens is 1. The van der Waals surface area contributed by atoms with Gasteiger partial charge in [0.2, 0.25) is 11.8 Å². The Morgan fingerprint density at radius 2 is 1.87 bits per heavy atom. The Bertz CT molecular complexity index is 1640. The molecule has 250 valence electrons. The van der Waals surface area contributed by atoms with Crippen LogP contribution in [0.4, 0.5) is 24.3 Å². The lowest BCUT2D eigenvalue weighted by Crippen LogP contribution is -2.66. The summed E-state index contributed by atoms with van der Waals surface area (Å²) in [5.41, 5.74) is 1.32. The topological polar surface area (TPSA) is 189 Å². The van der Waals surface area contributed by atoms with Crippen LogP contribution in [0.25, 0.3) is 0 Å². The van der Waals surface area contributed by atoms with Gasteiger partial charge in [0.05, 0.1) is 17.4 Å². The van der Waals surface area contributed by atoms with E-state index in [2.05, 4.69) is 31.4 Å². The molecule has 16 heteroatoms. The monoisotopic (exact) mass is 670 g/mol. The second kappa shape index (κ2) is 12.3. The molecule has 1 aromatic carbocycles. The van der Waals surface area contributed by atoms with Crippen LogP contribution in [-0.4, -0.2) is 80.9 Å². The first-order valence-electron chi connectivity index (χ1n) is 15.5. The summed E-state index contributed by atoms with van der Waals surface area (Å²) in [6.07, 6.45) is 2.96. The van der Waals surface area contributed by atoms with Gasteiger partial charge in [-0.05, 0) is 61.8 Å². The third-order valence-electron chi connectivity index (χ3n) is 9.83. The zero-order valence-corrected chi connectivity index (χ0v) is 26.5. The number of rotatable bonds is 9. The van der Waals surface area contributed by atoms with Crippen LogP contribution in [0.1, 0.15) is 56.6 Å². The Morgan fingerprint density at radius 3 is 2.51 bits per heavy atom. The first-order valence-corrected chi connectivity index (χ1v) is 16.4. The van der Waals surface area contributed by atoms with Crippen molar-refractivity contribution >= 4 is 57.2 Å². The molecule has 6 N–H and O–H groups in total. The quantitative estimate of drug-likeness (QED) is 0.134. The average Bonchev–Trinajstić information content (AvgIpc) is 3.38. The first kappa shape index (κ1) is 32.5. The molecule has 6 rings (SSSR count). The molecule has 2 saturated carbocycles. The summed E-state index contributed by atoms with van der Waals surface area (Å²) in [5, 5.41) is 31.5. The molecule has 1 aromatic heterocycles. The maximum Gasteiger partial charge on any atom is 0.318 e. The van der Waals surface area contributed by atoms with Crippen LogP contribution in [0.2, 0.25) is 0 Å². The fraction of sp³-hybridized carbons (Fsp3) is 0.516. The van der Waals surface area contributed by atoms with Gasteiger partial charge in [-0.25, -0.2) is 13.6 Å². The number of fused-ring (bicyclic) bond motifs is 1. The highest BCUT2D eigenvalue weighted by Gasteiger charge is 2.57. The van der Waals surface area contributed by atoms with Crippen molar-refractivity contribution < 1.29 is 33.2 Å². The van der Waals surface area contributed by atoms with Crippen molar-refractivity contribution in [2.75, 3.05) is 23.7 Å². The fourth-order valence-corrected chi connectivity index (χ4v) is 7.41. The molecule has 47 heavy (non-hydrogen) atoms. The van der Waals surface area contributed by atoms with Crippen molar-refractivity contribution in [3.8, 4) is 0 Å². The normalized spacial score (nSPS) is 23.8. The highest BCUT2D eigenvalue weighted by Crippen LogP contribution is 2.50. The number of alkyl halides is 2. The predicted molar refractivity (Wildman–Crippen MR) is 169 cm³/mol. The van der Waals surface area contributed by atoms with E-state index in [1.54, 1.807) is 34.8 Å². The van der Waals surface area contributed by atoms with Gasteiger partial charge in [0.1, 0.15) is 16.6 Å². The zero-order chi connectivity index (χ0) is 33.6. The number of hydrogen-bond acceptors (Lipinski definition) is 9. The standard InChI is InChI=1S/C31H36F2N8O5S/c1-17(34)23(40-46)25(42)39-24(18-4-6-31(32,33)7-5-18)26(43)37-21-3-2-19-11-30(12-20(19)10-21,27(44)38-22-13-35-16-47-22)41-15-29(8-9-29)14-36-28(41)45/h2-3,10,13,16,18,24,34,46H,4-9,11-12,14-15H2,1H3,(H,36,45)(H,37,43)(H,38,44)(H,39,42)/t24-,30?/m0/s1. The van der Waals surface area contributed by atoms with Gasteiger partial charge in [0, 0.05) is 49.9 Å². The van der Waals surface area contributed by atoms with Crippen LogP contribution in [0.15, 0.2) is 35.1 Å². The van der Waals surface area contributed by atoms with E-state index in [4.69, 9.17) is 5.41 Å². The third-order valence-corrected chi connectivity index (χ3v) is 10.5. The summed E-state index contributed by atoms with van der Waals surface area (Å²) < 4.78 is 27.9. The van der Waals surface area contributed by atoms with Gasteiger partial charge >= 0.3 is 6.03 Å². The lowest BCUT2D eigenvalue weighted by molar-refractivity contribution is -0.127. The highest BCUT2D eigenvalue weighted by molar-refractivity contribution is 7.14. The minimum absolute atomic E-state index is 0.0263. The molecule has 5 amide bonds. The van der Waals surface area contributed by atoms with Crippen molar-refractivity contribution in [3.63, 3.8) is 0 Å². The molecule has 0 radical (unpaired) electrons. The molecular weight excluding hydrogens is 634 g/mol. The predicted octanol–water partition coefficient (Wildman–Crippen LogP) is 3.54. The van der Waals surface area contributed by atoms with Crippen LogP contribution in [0.5, 0.6) is 0 Å². The number of nitrogens with one attached hydrogen (secondary N) is 5. The lowest BCUT2D eigenvalue weighted by atomic mass is 9.81. The Labute approximate surface area is 273 Å². The van der Waals surface area contributed by atoms with Crippen molar-refractivity contribution in [1.29, 1.82) is 5.41 Å². The molecule has 4 aliphatic rings. The minimum Gasteiger partial charge on any atom is -0.410 e. The molecule has 0 bridgehead atoms. The molecule has 2 aromatic rings. The van der Waals surface area contributed by atoms with Gasteiger partial charge in [0.15, 0.2) is 5.71 Å². The van der Waals surface area contributed by atoms with Crippen molar-refractivity contribution in [2.45, 2.75) is 75.8 Å². The van der Waals surface area contributed by atoms with Gasteiger partial charge < -0.3 is 36.8 Å². The van der Waals surface area contributed by atoms with Gasteiger partial charge in [-0.15, -0.1) is 11.3 Å². The average molecular weight is 671 g/mol. The largest absolute Gasteiger partial charge is 0.410 e. The Hall–Kier alpha value is -4.47. The van der Waals surface area contributed by atoms with Crippen molar-refractivity contribution in [2.24, 2.45) is 16.5 Å². The van der Waals surface area contributed by atoms with E-state index in [0.717, 1.165) is 24.0 Å². The zero-order valence-electron chi connectivity index (χ0n) is 25.7. The molecular formula is C31H36F2N8O5S. The molecule has 1 aliphatic heterocycles. The Kier molecular flexibility index (Phi) is 8.48. The second-order valence-electron chi connectivity index (χ2n) is 13.1. The SMILES string of the molecule is CC(=N)C(=NO)C(=O)N[C@H](C(=O)Nc1ccc2c(c1)CC(C(=O)Nc1cncs1)(N1CC3(CC3)CNC1=O)C2)C1CCC(F)(F)CC1. The smallest absolute Gasteiger partial charge is 0.318 e. The number of halogens is 2. The summed E-state index contributed by atoms with van der Waals surface area (Å²) in [4.78, 5) is 59.5. The minimum atomic E-state index is -2.87. The first-order chi connectivity index (χ1) is 22.3. The molecule has 3 aliphatic carbocycles. The van der Waals surface area contributed by atoms with Gasteiger partial charge in [-0.2, -0.15) is 0 Å². The van der Waals surface area contributed by atoms with E-state index >= 15 is 0 Å². The van der Waals surface area contributed by atoms with E-state index in [1.165, 1.54) is 18.3 Å². The van der Waals surface area contributed by atoms with Crippen LogP contribution in [0, 0.1) is 16.7 Å². The van der Waals surface area contributed by atoms with E-state index < -0.39 is 53.8 Å². The number of oxime groups is 1. The molecule has 2 atom stereocenters. The molecule has 1 unspecified atom stereocenters. The third kappa shape index (κ3) is 6.55. The number of thiazole rings is 1. The molecule has 1 spiro atoms. The van der Waals surface area contributed by atoms with E-state index in [-0.39, 0.29) is 48.7 Å². The maximum absolute atomic E-state index is 14.0. The fourth-order valence-electron chi connectivity index (χ4n) is 6.91. The number of carbonyl (C=O) groups is 4. The number of carbonyl (C=O) groups excluding carboxylic acids is 4. The van der Waals surface area contributed by atoms with Crippen LogP contribution in [-0.2, 0) is 27.2 Å². The summed E-state index contributed by atoms with van der Waals surface area (Å²) in [6, 6.07) is 3.60.